The van der Waals surface area contributed by atoms with E-state index in [9.17, 15) is 4.79 Å². The molecule has 0 saturated carbocycles. The van der Waals surface area contributed by atoms with Gasteiger partial charge in [-0.05, 0) is 48.4 Å². The van der Waals surface area contributed by atoms with E-state index >= 15 is 0 Å². The van der Waals surface area contributed by atoms with E-state index in [1.165, 1.54) is 16.9 Å². The largest absolute Gasteiger partial charge is 0.497 e. The van der Waals surface area contributed by atoms with Crippen LogP contribution in [0.5, 0.6) is 5.75 Å². The van der Waals surface area contributed by atoms with Gasteiger partial charge in [0.15, 0.2) is 0 Å². The number of carbonyl (C=O) groups excluding carboxylic acids is 1. The summed E-state index contributed by atoms with van der Waals surface area (Å²) in [6.07, 6.45) is 3.35. The van der Waals surface area contributed by atoms with E-state index in [-0.39, 0.29) is 5.91 Å². The van der Waals surface area contributed by atoms with Crippen LogP contribution in [0.3, 0.4) is 0 Å². The Hall–Kier alpha value is -1.81. The Labute approximate surface area is 141 Å². The van der Waals surface area contributed by atoms with Gasteiger partial charge in [-0.25, -0.2) is 0 Å². The van der Waals surface area contributed by atoms with E-state index in [2.05, 4.69) is 12.3 Å². The fraction of sp³-hybridized carbons (Fsp3) is 0.421. The second-order valence-electron chi connectivity index (χ2n) is 6.41. The van der Waals surface area contributed by atoms with Crippen molar-refractivity contribution in [1.29, 1.82) is 0 Å². The van der Waals surface area contributed by atoms with Crippen molar-refractivity contribution in [2.24, 2.45) is 5.92 Å². The molecule has 1 aromatic heterocycles. The number of fused-ring (bicyclic) bond motifs is 1. The first kappa shape index (κ1) is 16.1. The van der Waals surface area contributed by atoms with Gasteiger partial charge in [0.2, 0.25) is 0 Å². The van der Waals surface area contributed by atoms with Crippen LogP contribution in [0.2, 0.25) is 0 Å². The SMILES string of the molecule is COc1ccc(CN(C)C(=O)c2csc3c2CCC(C)C3)cc1. The molecule has 0 saturated heterocycles. The van der Waals surface area contributed by atoms with Crippen LogP contribution < -0.4 is 4.74 Å². The molecular formula is C19H23NO2S. The lowest BCUT2D eigenvalue weighted by Gasteiger charge is -2.21. The van der Waals surface area contributed by atoms with E-state index < -0.39 is 0 Å². The van der Waals surface area contributed by atoms with Gasteiger partial charge in [0.25, 0.3) is 5.91 Å². The number of rotatable bonds is 4. The maximum absolute atomic E-state index is 12.8. The Morgan fingerprint density at radius 2 is 2.09 bits per heavy atom. The van der Waals surface area contributed by atoms with Gasteiger partial charge in [0, 0.05) is 23.8 Å². The van der Waals surface area contributed by atoms with E-state index in [1.807, 2.05) is 36.2 Å². The monoisotopic (exact) mass is 329 g/mol. The molecule has 0 aliphatic heterocycles. The zero-order chi connectivity index (χ0) is 16.4. The van der Waals surface area contributed by atoms with Crippen molar-refractivity contribution < 1.29 is 9.53 Å². The quantitative estimate of drug-likeness (QED) is 0.843. The Bertz CT molecular complexity index is 690. The highest BCUT2D eigenvalue weighted by Crippen LogP contribution is 2.33. The van der Waals surface area contributed by atoms with Crippen molar-refractivity contribution in [2.45, 2.75) is 32.7 Å². The van der Waals surface area contributed by atoms with Crippen LogP contribution >= 0.6 is 11.3 Å². The first-order valence-electron chi connectivity index (χ1n) is 8.06. The number of ether oxygens (including phenoxy) is 1. The molecule has 23 heavy (non-hydrogen) atoms. The molecule has 1 atom stereocenters. The second kappa shape index (κ2) is 6.75. The molecule has 1 aliphatic rings. The second-order valence-corrected chi connectivity index (χ2v) is 7.37. The van der Waals surface area contributed by atoms with Crippen molar-refractivity contribution in [2.75, 3.05) is 14.2 Å². The molecular weight excluding hydrogens is 306 g/mol. The number of nitrogens with zero attached hydrogens (tertiary/aromatic N) is 1. The summed E-state index contributed by atoms with van der Waals surface area (Å²) in [4.78, 5) is 16.0. The summed E-state index contributed by atoms with van der Waals surface area (Å²) in [5.41, 5.74) is 3.31. The topological polar surface area (TPSA) is 29.5 Å². The highest BCUT2D eigenvalue weighted by molar-refractivity contribution is 7.10. The first-order valence-corrected chi connectivity index (χ1v) is 8.94. The maximum atomic E-state index is 12.8. The zero-order valence-corrected chi connectivity index (χ0v) is 14.8. The third-order valence-corrected chi connectivity index (χ3v) is 5.61. The molecule has 0 N–H and O–H groups in total. The van der Waals surface area contributed by atoms with E-state index in [4.69, 9.17) is 4.74 Å². The van der Waals surface area contributed by atoms with E-state index in [0.29, 0.717) is 6.54 Å². The number of amides is 1. The van der Waals surface area contributed by atoms with Gasteiger partial charge in [0.05, 0.1) is 12.7 Å². The predicted molar refractivity (Wildman–Crippen MR) is 94.3 cm³/mol. The smallest absolute Gasteiger partial charge is 0.255 e. The lowest BCUT2D eigenvalue weighted by molar-refractivity contribution is 0.0784. The number of methoxy groups -OCH3 is 1. The molecule has 1 heterocycles. The van der Waals surface area contributed by atoms with Crippen LogP contribution in [0, 0.1) is 5.92 Å². The molecule has 0 fully saturated rings. The maximum Gasteiger partial charge on any atom is 0.255 e. The van der Waals surface area contributed by atoms with E-state index in [0.717, 1.165) is 35.6 Å². The minimum absolute atomic E-state index is 0.132. The molecule has 1 aliphatic carbocycles. The minimum atomic E-state index is 0.132. The molecule has 1 aromatic carbocycles. The lowest BCUT2D eigenvalue weighted by atomic mass is 9.88. The predicted octanol–water partition coefficient (Wildman–Crippen LogP) is 4.15. The summed E-state index contributed by atoms with van der Waals surface area (Å²) in [5.74, 6) is 1.71. The molecule has 4 heteroatoms. The van der Waals surface area contributed by atoms with Crippen LogP contribution in [0.4, 0.5) is 0 Å². The molecule has 122 valence electrons. The minimum Gasteiger partial charge on any atom is -0.497 e. The summed E-state index contributed by atoms with van der Waals surface area (Å²) in [6.45, 7) is 2.91. The average Bonchev–Trinajstić information content (AvgIpc) is 2.97. The summed E-state index contributed by atoms with van der Waals surface area (Å²) in [7, 11) is 3.54. The normalized spacial score (nSPS) is 16.7. The highest BCUT2D eigenvalue weighted by atomic mass is 32.1. The standard InChI is InChI=1S/C19H23NO2S/c1-13-4-9-16-17(12-23-18(16)10-13)19(21)20(2)11-14-5-7-15(22-3)8-6-14/h5-8,12-13H,4,9-11H2,1-3H3. The van der Waals surface area contributed by atoms with Crippen molar-refractivity contribution in [3.05, 3.63) is 51.2 Å². The summed E-state index contributed by atoms with van der Waals surface area (Å²) >= 11 is 1.75. The Kier molecular flexibility index (Phi) is 4.71. The molecule has 0 radical (unpaired) electrons. The van der Waals surface area contributed by atoms with Crippen LogP contribution in [0.25, 0.3) is 0 Å². The van der Waals surface area contributed by atoms with Crippen molar-refractivity contribution >= 4 is 17.2 Å². The average molecular weight is 329 g/mol. The van der Waals surface area contributed by atoms with Crippen molar-refractivity contribution in [3.8, 4) is 5.75 Å². The molecule has 0 spiro atoms. The Morgan fingerprint density at radius 1 is 1.35 bits per heavy atom. The molecule has 1 amide bonds. The van der Waals surface area contributed by atoms with Gasteiger partial charge in [-0.3, -0.25) is 4.79 Å². The van der Waals surface area contributed by atoms with Crippen molar-refractivity contribution in [3.63, 3.8) is 0 Å². The fourth-order valence-corrected chi connectivity index (χ4v) is 4.38. The Balaban J connectivity index is 1.72. The molecule has 3 nitrogen and oxygen atoms in total. The van der Waals surface area contributed by atoms with Crippen LogP contribution in [-0.4, -0.2) is 25.0 Å². The van der Waals surface area contributed by atoms with Crippen molar-refractivity contribution in [1.82, 2.24) is 4.90 Å². The van der Waals surface area contributed by atoms with Crippen LogP contribution in [0.1, 0.15) is 39.7 Å². The molecule has 0 bridgehead atoms. The molecule has 1 unspecified atom stereocenters. The Morgan fingerprint density at radius 3 is 2.78 bits per heavy atom. The third kappa shape index (κ3) is 3.42. The number of thiophene rings is 1. The zero-order valence-electron chi connectivity index (χ0n) is 14.0. The van der Waals surface area contributed by atoms with Crippen LogP contribution in [-0.2, 0) is 19.4 Å². The fourth-order valence-electron chi connectivity index (χ4n) is 3.14. The van der Waals surface area contributed by atoms with Gasteiger partial charge in [-0.15, -0.1) is 11.3 Å². The van der Waals surface area contributed by atoms with E-state index in [1.54, 1.807) is 18.4 Å². The lowest BCUT2D eigenvalue weighted by Crippen LogP contribution is -2.27. The number of carbonyl (C=O) groups is 1. The van der Waals surface area contributed by atoms with Gasteiger partial charge in [-0.2, -0.15) is 0 Å². The number of hydrogen-bond donors (Lipinski definition) is 0. The highest BCUT2D eigenvalue weighted by Gasteiger charge is 2.24. The summed E-state index contributed by atoms with van der Waals surface area (Å²) in [5, 5.41) is 2.05. The molecule has 3 rings (SSSR count). The summed E-state index contributed by atoms with van der Waals surface area (Å²) in [6, 6.07) is 7.88. The molecule has 2 aromatic rings. The van der Waals surface area contributed by atoms with Gasteiger partial charge in [-0.1, -0.05) is 19.1 Å². The number of benzene rings is 1. The van der Waals surface area contributed by atoms with Gasteiger partial charge < -0.3 is 9.64 Å². The number of hydrogen-bond acceptors (Lipinski definition) is 3. The first-order chi connectivity index (χ1) is 11.1. The third-order valence-electron chi connectivity index (χ3n) is 4.56. The van der Waals surface area contributed by atoms with Gasteiger partial charge >= 0.3 is 0 Å². The summed E-state index contributed by atoms with van der Waals surface area (Å²) < 4.78 is 5.17. The van der Waals surface area contributed by atoms with Crippen LogP contribution in [0.15, 0.2) is 29.6 Å². The van der Waals surface area contributed by atoms with Gasteiger partial charge in [0.1, 0.15) is 5.75 Å².